The number of rotatable bonds is 1. The molecule has 2 fully saturated rings. The number of allylic oxidation sites excluding steroid dienone is 1. The Bertz CT molecular complexity index is 929. The van der Waals surface area contributed by atoms with Gasteiger partial charge in [-0.2, -0.15) is 5.26 Å². The highest BCUT2D eigenvalue weighted by Gasteiger charge is 2.49. The molecule has 0 aromatic heterocycles. The number of aliphatic imine (C=N–C) groups is 1. The highest BCUT2D eigenvalue weighted by atomic mass is 32.2. The maximum absolute atomic E-state index is 13.0. The summed E-state index contributed by atoms with van der Waals surface area (Å²) in [6.45, 7) is 13.4. The third-order valence-corrected chi connectivity index (χ3v) is 6.86. The van der Waals surface area contributed by atoms with Gasteiger partial charge in [0.1, 0.15) is 18.4 Å². The van der Waals surface area contributed by atoms with Crippen molar-refractivity contribution in [2.75, 3.05) is 19.0 Å². The molecule has 0 aliphatic carbocycles. The molecule has 0 N–H and O–H groups in total. The maximum atomic E-state index is 13.0. The molecule has 0 saturated carbocycles. The van der Waals surface area contributed by atoms with E-state index in [9.17, 15) is 10.1 Å². The Morgan fingerprint density at radius 1 is 1.23 bits per heavy atom. The smallest absolute Gasteiger partial charge is 0.185 e. The predicted octanol–water partition coefficient (Wildman–Crippen LogP) is 3.92. The van der Waals surface area contributed by atoms with E-state index in [4.69, 9.17) is 19.8 Å². The van der Waals surface area contributed by atoms with Crippen molar-refractivity contribution in [3.05, 3.63) is 41.0 Å². The second-order valence-corrected chi connectivity index (χ2v) is 9.51. The Kier molecular flexibility index (Phi) is 7.36. The summed E-state index contributed by atoms with van der Waals surface area (Å²) in [5, 5.41) is 17.0. The molecule has 1 atom stereocenters. The number of benzene rings is 1. The molecule has 2 saturated heterocycles. The highest BCUT2D eigenvalue weighted by Crippen LogP contribution is 2.47. The average Bonchev–Trinajstić information content (AvgIpc) is 2.74. The van der Waals surface area contributed by atoms with E-state index in [0.717, 1.165) is 22.8 Å². The van der Waals surface area contributed by atoms with E-state index in [1.807, 2.05) is 18.9 Å². The van der Waals surface area contributed by atoms with Crippen LogP contribution >= 0.6 is 11.8 Å². The molecule has 0 amide bonds. The third kappa shape index (κ3) is 4.38. The fourth-order valence-electron chi connectivity index (χ4n) is 3.72. The Balaban J connectivity index is 0.000000757. The zero-order valence-corrected chi connectivity index (χ0v) is 18.3. The fraction of sp³-hybridized carbons (Fsp3) is 0.435. The molecule has 3 aliphatic heterocycles. The van der Waals surface area contributed by atoms with Crippen LogP contribution in [-0.4, -0.2) is 36.6 Å². The summed E-state index contributed by atoms with van der Waals surface area (Å²) >= 11 is 1.66. The van der Waals surface area contributed by atoms with Crippen molar-refractivity contribution in [2.45, 2.75) is 32.6 Å². The van der Waals surface area contributed by atoms with Gasteiger partial charge in [0.05, 0.1) is 29.9 Å². The molecule has 7 heteroatoms. The quantitative estimate of drug-likeness (QED) is 0.678. The van der Waals surface area contributed by atoms with Gasteiger partial charge in [0.2, 0.25) is 0 Å². The van der Waals surface area contributed by atoms with Gasteiger partial charge in [-0.05, 0) is 17.4 Å². The Labute approximate surface area is 181 Å². The molecule has 1 aromatic carbocycles. The van der Waals surface area contributed by atoms with Crippen LogP contribution in [0.1, 0.15) is 38.3 Å². The zero-order valence-electron chi connectivity index (χ0n) is 17.5. The van der Waals surface area contributed by atoms with E-state index in [2.05, 4.69) is 45.5 Å². The lowest BCUT2D eigenvalue weighted by Crippen LogP contribution is -2.51. The molecule has 156 valence electrons. The van der Waals surface area contributed by atoms with Crippen LogP contribution in [0, 0.1) is 34.5 Å². The lowest BCUT2D eigenvalue weighted by atomic mass is 9.75. The number of ketones is 1. The maximum Gasteiger partial charge on any atom is 0.185 e. The third-order valence-electron chi connectivity index (χ3n) is 5.44. The van der Waals surface area contributed by atoms with Gasteiger partial charge in [0.15, 0.2) is 5.78 Å². The van der Waals surface area contributed by atoms with Crippen molar-refractivity contribution in [3.8, 4) is 12.6 Å². The average molecular weight is 424 g/mol. The minimum absolute atomic E-state index is 0.0583. The van der Waals surface area contributed by atoms with Crippen molar-refractivity contribution < 1.29 is 14.3 Å². The van der Waals surface area contributed by atoms with Gasteiger partial charge in [-0.25, -0.2) is 10.3 Å². The van der Waals surface area contributed by atoms with Gasteiger partial charge < -0.3 is 9.53 Å². The second kappa shape index (κ2) is 9.38. The Morgan fingerprint density at radius 2 is 1.83 bits per heavy atom. The number of ether oxygens (including phenoxy) is 1. The first-order valence-corrected chi connectivity index (χ1v) is 10.4. The number of nitriles is 2. The van der Waals surface area contributed by atoms with Crippen LogP contribution in [0.25, 0.3) is 5.70 Å². The largest absolute Gasteiger partial charge is 0.380 e. The van der Waals surface area contributed by atoms with Gasteiger partial charge >= 0.3 is 0 Å². The van der Waals surface area contributed by atoms with Crippen molar-refractivity contribution >= 4 is 35.1 Å². The van der Waals surface area contributed by atoms with E-state index in [1.165, 1.54) is 5.56 Å². The van der Waals surface area contributed by atoms with Crippen LogP contribution in [0.15, 0.2) is 34.8 Å². The van der Waals surface area contributed by atoms with Crippen LogP contribution in [0.3, 0.4) is 0 Å². The van der Waals surface area contributed by atoms with Crippen LogP contribution in [0.4, 0.5) is 0 Å². The van der Waals surface area contributed by atoms with E-state index in [-0.39, 0.29) is 28.1 Å². The zero-order chi connectivity index (χ0) is 22.5. The Morgan fingerprint density at radius 3 is 2.30 bits per heavy atom. The minimum Gasteiger partial charge on any atom is -0.380 e. The van der Waals surface area contributed by atoms with E-state index in [1.54, 1.807) is 11.8 Å². The summed E-state index contributed by atoms with van der Waals surface area (Å²) in [5.41, 5.74) is 2.92. The lowest BCUT2D eigenvalue weighted by Gasteiger charge is -2.47. The predicted molar refractivity (Wildman–Crippen MR) is 118 cm³/mol. The standard InChI is InChI=1S/C21H22N2O2S.CHN.CH2O/c1-20(2,3)14-6-4-13(5-7-14)17-16(9-22)18(24)15-8-21(10-25-11-21)12-26-19(15)23-17;2*1-2/h4-7,15H,8,10-12H2,1-3H3;1H;1H2. The summed E-state index contributed by atoms with van der Waals surface area (Å²) in [6.07, 6.45) is 0.749. The number of carbonyl (C=O) groups excluding carboxylic acids is 2. The number of thioether (sulfide) groups is 1. The van der Waals surface area contributed by atoms with Gasteiger partial charge in [-0.15, -0.1) is 11.8 Å². The van der Waals surface area contributed by atoms with Gasteiger partial charge in [-0.3, -0.25) is 4.79 Å². The molecular formula is C23H25N3O3S. The molecule has 30 heavy (non-hydrogen) atoms. The second-order valence-electron chi connectivity index (χ2n) is 8.52. The first-order chi connectivity index (χ1) is 14.3. The lowest BCUT2D eigenvalue weighted by molar-refractivity contribution is -0.126. The number of carbonyl (C=O) groups is 2. The van der Waals surface area contributed by atoms with Crippen LogP contribution in [0.5, 0.6) is 0 Å². The van der Waals surface area contributed by atoms with Crippen molar-refractivity contribution in [2.24, 2.45) is 16.3 Å². The molecule has 1 unspecified atom stereocenters. The van der Waals surface area contributed by atoms with E-state index in [0.29, 0.717) is 18.9 Å². The first-order valence-electron chi connectivity index (χ1n) is 9.46. The number of nitrogens with zero attached hydrogens (tertiary/aromatic N) is 3. The van der Waals surface area contributed by atoms with Crippen molar-refractivity contribution in [1.82, 2.24) is 0 Å². The SMILES string of the molecule is C#N.C=O.CC(C)(C)c1ccc(C2=C(C#N)C(=O)C3CC4(COC4)CSC3=N2)cc1. The number of fused-ring (bicyclic) bond motifs is 1. The summed E-state index contributed by atoms with van der Waals surface area (Å²) in [5.74, 6) is 0.587. The fourth-order valence-corrected chi connectivity index (χ4v) is 5.00. The van der Waals surface area contributed by atoms with E-state index < -0.39 is 0 Å². The molecule has 1 spiro atoms. The molecule has 0 bridgehead atoms. The van der Waals surface area contributed by atoms with Crippen molar-refractivity contribution in [1.29, 1.82) is 10.5 Å². The van der Waals surface area contributed by atoms with Gasteiger partial charge in [-0.1, -0.05) is 45.0 Å². The monoisotopic (exact) mass is 423 g/mol. The first kappa shape index (κ1) is 23.5. The van der Waals surface area contributed by atoms with Crippen molar-refractivity contribution in [3.63, 3.8) is 0 Å². The molecular weight excluding hydrogens is 398 g/mol. The van der Waals surface area contributed by atoms with Crippen LogP contribution in [-0.2, 0) is 19.7 Å². The Hall–Kier alpha value is -2.74. The molecule has 0 radical (unpaired) electrons. The number of hydrogen-bond donors (Lipinski definition) is 0. The summed E-state index contributed by atoms with van der Waals surface area (Å²) in [7, 11) is 0. The summed E-state index contributed by atoms with van der Waals surface area (Å²) < 4.78 is 5.37. The molecule has 3 aliphatic rings. The normalized spacial score (nSPS) is 21.5. The van der Waals surface area contributed by atoms with Crippen LogP contribution in [0.2, 0.25) is 0 Å². The molecule has 4 rings (SSSR count). The molecule has 3 heterocycles. The topological polar surface area (TPSA) is 103 Å². The number of hydrogen-bond acceptors (Lipinski definition) is 7. The van der Waals surface area contributed by atoms with Gasteiger partial charge in [0, 0.05) is 23.3 Å². The minimum atomic E-state index is -0.273. The summed E-state index contributed by atoms with van der Waals surface area (Å²) in [4.78, 5) is 25.8. The summed E-state index contributed by atoms with van der Waals surface area (Å²) in [6, 6.07) is 10.2. The highest BCUT2D eigenvalue weighted by molar-refractivity contribution is 8.14. The molecule has 1 aromatic rings. The van der Waals surface area contributed by atoms with Crippen LogP contribution < -0.4 is 0 Å². The van der Waals surface area contributed by atoms with E-state index >= 15 is 0 Å². The number of Topliss-reactive ketones (excluding diaryl/α,β-unsaturated/α-hetero) is 1. The molecule has 6 nitrogen and oxygen atoms in total. The van der Waals surface area contributed by atoms with Gasteiger partial charge in [0.25, 0.3) is 0 Å².